The minimum atomic E-state index is -0.680. The topological polar surface area (TPSA) is 107 Å². The van der Waals surface area contributed by atoms with Gasteiger partial charge in [-0.15, -0.1) is 10.2 Å². The molecule has 1 aromatic carbocycles. The highest BCUT2D eigenvalue weighted by Gasteiger charge is 2.27. The van der Waals surface area contributed by atoms with Gasteiger partial charge in [0.25, 0.3) is 11.1 Å². The molecule has 0 fully saturated rings. The maximum absolute atomic E-state index is 13.8. The lowest BCUT2D eigenvalue weighted by atomic mass is 10.1. The number of benzene rings is 1. The van der Waals surface area contributed by atoms with Crippen molar-refractivity contribution in [2.75, 3.05) is 7.11 Å². The number of rotatable bonds is 8. The summed E-state index contributed by atoms with van der Waals surface area (Å²) in [5, 5.41) is 7.48. The van der Waals surface area contributed by atoms with E-state index in [-0.39, 0.29) is 22.6 Å². The van der Waals surface area contributed by atoms with Crippen LogP contribution in [0.4, 0.5) is 4.39 Å². The maximum Gasteiger partial charge on any atom is 0.339 e. The standard InChI is InChI=1S/C21H22FN3O5S/c1-10-16(20(27)28-5)11(2)23-17(10)18(26)13(4)31-21-25-24-19(30-21)12(3)29-15-9-7-6-8-14(15)22/h6-9,12-13,23H,1-5H3. The number of hydrogen-bond donors (Lipinski definition) is 1. The summed E-state index contributed by atoms with van der Waals surface area (Å²) in [4.78, 5) is 27.8. The van der Waals surface area contributed by atoms with Gasteiger partial charge >= 0.3 is 5.97 Å². The molecule has 2 atom stereocenters. The van der Waals surface area contributed by atoms with Crippen LogP contribution in [-0.4, -0.2) is 39.3 Å². The summed E-state index contributed by atoms with van der Waals surface area (Å²) in [7, 11) is 1.29. The van der Waals surface area contributed by atoms with E-state index in [1.54, 1.807) is 39.8 Å². The number of carbonyl (C=O) groups excluding carboxylic acids is 2. The van der Waals surface area contributed by atoms with Crippen LogP contribution in [0, 0.1) is 19.7 Å². The van der Waals surface area contributed by atoms with Gasteiger partial charge in [-0.3, -0.25) is 4.79 Å². The molecule has 0 aliphatic carbocycles. The fourth-order valence-corrected chi connectivity index (χ4v) is 3.77. The van der Waals surface area contributed by atoms with Gasteiger partial charge in [0, 0.05) is 5.69 Å². The zero-order valence-electron chi connectivity index (χ0n) is 17.7. The average molecular weight is 447 g/mol. The number of para-hydroxylation sites is 1. The second kappa shape index (κ2) is 9.34. The number of aryl methyl sites for hydroxylation is 1. The number of nitrogens with one attached hydrogen (secondary N) is 1. The molecule has 0 saturated heterocycles. The number of carbonyl (C=O) groups is 2. The van der Waals surface area contributed by atoms with Crippen molar-refractivity contribution in [1.29, 1.82) is 0 Å². The van der Waals surface area contributed by atoms with Crippen molar-refractivity contribution in [3.8, 4) is 5.75 Å². The lowest BCUT2D eigenvalue weighted by Gasteiger charge is -2.11. The first-order valence-electron chi connectivity index (χ1n) is 9.45. The molecule has 0 aliphatic heterocycles. The highest BCUT2D eigenvalue weighted by Crippen LogP contribution is 2.29. The van der Waals surface area contributed by atoms with Crippen LogP contribution in [0.25, 0.3) is 0 Å². The predicted molar refractivity (Wildman–Crippen MR) is 111 cm³/mol. The number of nitrogens with zero attached hydrogens (tertiary/aromatic N) is 2. The van der Waals surface area contributed by atoms with Crippen molar-refractivity contribution >= 4 is 23.5 Å². The van der Waals surface area contributed by atoms with Crippen LogP contribution in [-0.2, 0) is 4.74 Å². The number of halogens is 1. The summed E-state index contributed by atoms with van der Waals surface area (Å²) in [6.07, 6.45) is -0.680. The van der Waals surface area contributed by atoms with Gasteiger partial charge in [-0.2, -0.15) is 0 Å². The van der Waals surface area contributed by atoms with E-state index in [9.17, 15) is 14.0 Å². The van der Waals surface area contributed by atoms with E-state index in [0.29, 0.717) is 22.5 Å². The van der Waals surface area contributed by atoms with Crippen LogP contribution in [0.3, 0.4) is 0 Å². The quantitative estimate of drug-likeness (QED) is 0.307. The number of hydrogen-bond acceptors (Lipinski definition) is 8. The Bertz CT molecular complexity index is 1110. The molecular weight excluding hydrogens is 425 g/mol. The minimum Gasteiger partial charge on any atom is -0.478 e. The number of thioether (sulfide) groups is 1. The molecule has 0 saturated carbocycles. The van der Waals surface area contributed by atoms with Crippen LogP contribution >= 0.6 is 11.8 Å². The fourth-order valence-electron chi connectivity index (χ4n) is 3.03. The smallest absolute Gasteiger partial charge is 0.339 e. The highest BCUT2D eigenvalue weighted by molar-refractivity contribution is 8.00. The van der Waals surface area contributed by atoms with E-state index in [1.165, 1.54) is 19.2 Å². The van der Waals surface area contributed by atoms with Crippen molar-refractivity contribution in [2.24, 2.45) is 0 Å². The summed E-state index contributed by atoms with van der Waals surface area (Å²) < 4.78 is 29.7. The zero-order valence-corrected chi connectivity index (χ0v) is 18.5. The van der Waals surface area contributed by atoms with E-state index in [1.807, 2.05) is 0 Å². The molecule has 10 heteroatoms. The molecule has 1 N–H and O–H groups in total. The Morgan fingerprint density at radius 3 is 2.58 bits per heavy atom. The molecular formula is C21H22FN3O5S. The van der Waals surface area contributed by atoms with Crippen molar-refractivity contribution in [3.63, 3.8) is 0 Å². The van der Waals surface area contributed by atoms with Gasteiger partial charge in [0.05, 0.1) is 23.6 Å². The van der Waals surface area contributed by atoms with Crippen LogP contribution in [0.15, 0.2) is 33.9 Å². The fraction of sp³-hybridized carbons (Fsp3) is 0.333. The average Bonchev–Trinajstić information content (AvgIpc) is 3.32. The number of aromatic amines is 1. The second-order valence-electron chi connectivity index (χ2n) is 6.84. The van der Waals surface area contributed by atoms with E-state index < -0.39 is 23.1 Å². The van der Waals surface area contributed by atoms with Crippen molar-refractivity contribution < 1.29 is 27.9 Å². The van der Waals surface area contributed by atoms with Gasteiger partial charge < -0.3 is 18.9 Å². The number of H-pyrrole nitrogens is 1. The highest BCUT2D eigenvalue weighted by atomic mass is 32.2. The van der Waals surface area contributed by atoms with Crippen molar-refractivity contribution in [2.45, 2.75) is 44.3 Å². The molecule has 8 nitrogen and oxygen atoms in total. The van der Waals surface area contributed by atoms with Gasteiger partial charge in [0.1, 0.15) is 0 Å². The Morgan fingerprint density at radius 1 is 1.19 bits per heavy atom. The molecule has 31 heavy (non-hydrogen) atoms. The Morgan fingerprint density at radius 2 is 1.90 bits per heavy atom. The van der Waals surface area contributed by atoms with Gasteiger partial charge in [0.2, 0.25) is 0 Å². The summed E-state index contributed by atoms with van der Waals surface area (Å²) in [6.45, 7) is 6.74. The first kappa shape index (κ1) is 22.5. The summed E-state index contributed by atoms with van der Waals surface area (Å²) >= 11 is 1.08. The number of Topliss-reactive ketones (excluding diaryl/α,β-unsaturated/α-hetero) is 1. The van der Waals surface area contributed by atoms with E-state index in [4.69, 9.17) is 13.9 Å². The lowest BCUT2D eigenvalue weighted by molar-refractivity contribution is 0.0599. The second-order valence-corrected chi connectivity index (χ2v) is 8.13. The first-order chi connectivity index (χ1) is 14.7. The molecule has 0 spiro atoms. The molecule has 0 amide bonds. The SMILES string of the molecule is COC(=O)c1c(C)[nH]c(C(=O)C(C)Sc2nnc(C(C)Oc3ccccc3F)o2)c1C. The van der Waals surface area contributed by atoms with Gasteiger partial charge in [0.15, 0.2) is 23.5 Å². The molecule has 2 aromatic heterocycles. The zero-order chi connectivity index (χ0) is 22.7. The number of ketones is 1. The normalized spacial score (nSPS) is 13.0. The summed E-state index contributed by atoms with van der Waals surface area (Å²) in [5.41, 5.74) is 1.76. The predicted octanol–water partition coefficient (Wildman–Crippen LogP) is 4.44. The molecule has 0 bridgehead atoms. The van der Waals surface area contributed by atoms with Crippen LogP contribution in [0.1, 0.15) is 57.9 Å². The largest absolute Gasteiger partial charge is 0.478 e. The van der Waals surface area contributed by atoms with Gasteiger partial charge in [-0.25, -0.2) is 9.18 Å². The number of aromatic nitrogens is 3. The van der Waals surface area contributed by atoms with E-state index in [2.05, 4.69) is 15.2 Å². The third-order valence-electron chi connectivity index (χ3n) is 4.63. The van der Waals surface area contributed by atoms with Gasteiger partial charge in [-0.05, 0) is 45.4 Å². The van der Waals surface area contributed by atoms with Crippen LogP contribution < -0.4 is 4.74 Å². The Kier molecular flexibility index (Phi) is 6.79. The number of esters is 1. The van der Waals surface area contributed by atoms with Crippen LogP contribution in [0.2, 0.25) is 0 Å². The third-order valence-corrected chi connectivity index (χ3v) is 5.56. The Hall–Kier alpha value is -3.14. The molecule has 3 aromatic rings. The Balaban J connectivity index is 1.70. The van der Waals surface area contributed by atoms with Crippen molar-refractivity contribution in [1.82, 2.24) is 15.2 Å². The monoisotopic (exact) mass is 447 g/mol. The van der Waals surface area contributed by atoms with E-state index in [0.717, 1.165) is 11.8 Å². The lowest BCUT2D eigenvalue weighted by Crippen LogP contribution is -2.15. The number of ether oxygens (including phenoxy) is 2. The molecule has 0 aliphatic rings. The minimum absolute atomic E-state index is 0.0740. The maximum atomic E-state index is 13.8. The molecule has 2 unspecified atom stereocenters. The Labute approximate surface area is 182 Å². The van der Waals surface area contributed by atoms with Crippen molar-refractivity contribution in [3.05, 3.63) is 58.5 Å². The third kappa shape index (κ3) is 4.79. The van der Waals surface area contributed by atoms with Crippen LogP contribution in [0.5, 0.6) is 5.75 Å². The molecule has 3 rings (SSSR count). The summed E-state index contributed by atoms with van der Waals surface area (Å²) in [5.74, 6) is -0.993. The molecule has 164 valence electrons. The molecule has 0 radical (unpaired) electrons. The summed E-state index contributed by atoms with van der Waals surface area (Å²) in [6, 6.07) is 6.01. The van der Waals surface area contributed by atoms with Gasteiger partial charge in [-0.1, -0.05) is 23.9 Å². The number of methoxy groups -OCH3 is 1. The molecule has 2 heterocycles. The first-order valence-corrected chi connectivity index (χ1v) is 10.3. The van der Waals surface area contributed by atoms with E-state index >= 15 is 0 Å².